The maximum atomic E-state index is 11.5. The van der Waals surface area contributed by atoms with Gasteiger partial charge < -0.3 is 10.1 Å². The van der Waals surface area contributed by atoms with Gasteiger partial charge in [-0.3, -0.25) is 5.41 Å². The molecule has 0 aliphatic rings. The molecule has 0 radical (unpaired) electrons. The molecular formula is C15H18N2O4S. The van der Waals surface area contributed by atoms with Gasteiger partial charge in [0.15, 0.2) is 9.84 Å². The van der Waals surface area contributed by atoms with Gasteiger partial charge in [0, 0.05) is 18.5 Å². The molecule has 0 heterocycles. The van der Waals surface area contributed by atoms with Crippen LogP contribution in [0.1, 0.15) is 24.0 Å². The molecule has 1 atom stereocenters. The minimum Gasteiger partial charge on any atom is -0.463 e. The van der Waals surface area contributed by atoms with Crippen LogP contribution >= 0.6 is 0 Å². The van der Waals surface area contributed by atoms with E-state index in [9.17, 15) is 13.2 Å². The van der Waals surface area contributed by atoms with Gasteiger partial charge in [-0.2, -0.15) is 0 Å². The maximum Gasteiger partial charge on any atom is 0.330 e. The van der Waals surface area contributed by atoms with Crippen molar-refractivity contribution in [2.24, 2.45) is 0 Å². The average Bonchev–Trinajstić information content (AvgIpc) is 2.46. The number of esters is 1. The molecule has 0 aliphatic heterocycles. The van der Waals surface area contributed by atoms with Crippen molar-refractivity contribution >= 4 is 33.1 Å². The van der Waals surface area contributed by atoms with E-state index in [1.807, 2.05) is 0 Å². The standard InChI is InChI=1S/C15H18N2O4S/c1-3-21-14(18)8-7-11-5-4-6-12(9-11)13(10-16)15(17)22(2,19)20/h4-10,13,16-17H,3H2,1-2H3/b8-7+,16-10?,17-15?. The Morgan fingerprint density at radius 2 is 2.09 bits per heavy atom. The van der Waals surface area contributed by atoms with Crippen LogP contribution in [0, 0.1) is 10.8 Å². The van der Waals surface area contributed by atoms with E-state index in [2.05, 4.69) is 0 Å². The lowest BCUT2D eigenvalue weighted by Gasteiger charge is -2.12. The summed E-state index contributed by atoms with van der Waals surface area (Å²) in [7, 11) is -3.67. The molecule has 0 aliphatic carbocycles. The van der Waals surface area contributed by atoms with Crippen LogP contribution < -0.4 is 0 Å². The third-order valence-electron chi connectivity index (χ3n) is 2.82. The predicted molar refractivity (Wildman–Crippen MR) is 86.2 cm³/mol. The Kier molecular flexibility index (Phi) is 6.18. The van der Waals surface area contributed by atoms with E-state index in [0.717, 1.165) is 12.5 Å². The predicted octanol–water partition coefficient (Wildman–Crippen LogP) is 2.02. The molecule has 22 heavy (non-hydrogen) atoms. The molecule has 118 valence electrons. The van der Waals surface area contributed by atoms with Crippen LogP contribution in [-0.2, 0) is 19.4 Å². The van der Waals surface area contributed by atoms with Crippen LogP contribution in [0.3, 0.4) is 0 Å². The molecule has 0 saturated carbocycles. The summed E-state index contributed by atoms with van der Waals surface area (Å²) in [6.07, 6.45) is 4.66. The third kappa shape index (κ3) is 4.92. The number of sulfone groups is 1. The molecule has 0 fully saturated rings. The maximum absolute atomic E-state index is 11.5. The van der Waals surface area contributed by atoms with Crippen LogP contribution in [0.2, 0.25) is 0 Å². The van der Waals surface area contributed by atoms with Crippen LogP contribution in [0.5, 0.6) is 0 Å². The van der Waals surface area contributed by atoms with Crippen LogP contribution in [0.4, 0.5) is 0 Å². The van der Waals surface area contributed by atoms with Crippen molar-refractivity contribution in [1.29, 1.82) is 10.8 Å². The summed E-state index contributed by atoms with van der Waals surface area (Å²) in [5.41, 5.74) is 1.15. The van der Waals surface area contributed by atoms with E-state index in [1.165, 1.54) is 12.2 Å². The highest BCUT2D eigenvalue weighted by molar-refractivity contribution is 8.05. The monoisotopic (exact) mass is 322 g/mol. The number of ether oxygens (including phenoxy) is 1. The summed E-state index contributed by atoms with van der Waals surface area (Å²) in [6.45, 7) is 1.99. The van der Waals surface area contributed by atoms with Crippen LogP contribution in [-0.4, -0.2) is 38.5 Å². The minimum atomic E-state index is -3.67. The van der Waals surface area contributed by atoms with Gasteiger partial charge in [-0.25, -0.2) is 13.2 Å². The van der Waals surface area contributed by atoms with Gasteiger partial charge in [0.1, 0.15) is 5.04 Å². The van der Waals surface area contributed by atoms with Crippen molar-refractivity contribution in [2.75, 3.05) is 12.9 Å². The van der Waals surface area contributed by atoms with Gasteiger partial charge in [-0.15, -0.1) is 0 Å². The number of rotatable bonds is 6. The summed E-state index contributed by atoms with van der Waals surface area (Å²) in [5.74, 6) is -1.41. The van der Waals surface area contributed by atoms with Gasteiger partial charge in [-0.05, 0) is 24.1 Å². The lowest BCUT2D eigenvalue weighted by atomic mass is 9.99. The second-order valence-corrected chi connectivity index (χ2v) is 6.52. The SMILES string of the molecule is CCOC(=O)/C=C/c1cccc(C(C=N)C(=N)S(C)(=O)=O)c1. The zero-order chi connectivity index (χ0) is 16.8. The molecule has 6 nitrogen and oxygen atoms in total. The molecule has 1 unspecified atom stereocenters. The zero-order valence-electron chi connectivity index (χ0n) is 12.4. The smallest absolute Gasteiger partial charge is 0.330 e. The zero-order valence-corrected chi connectivity index (χ0v) is 13.2. The highest BCUT2D eigenvalue weighted by atomic mass is 32.2. The largest absolute Gasteiger partial charge is 0.463 e. The molecule has 1 rings (SSSR count). The number of benzene rings is 1. The highest BCUT2D eigenvalue weighted by Gasteiger charge is 2.23. The first-order valence-electron chi connectivity index (χ1n) is 6.53. The third-order valence-corrected chi connectivity index (χ3v) is 3.87. The molecule has 0 bridgehead atoms. The van der Waals surface area contributed by atoms with E-state index >= 15 is 0 Å². The Hall–Kier alpha value is -2.28. The Morgan fingerprint density at radius 1 is 1.41 bits per heavy atom. The van der Waals surface area contributed by atoms with E-state index in [1.54, 1.807) is 31.2 Å². The summed E-state index contributed by atoms with van der Waals surface area (Å²) in [4.78, 5) is 11.3. The molecule has 2 N–H and O–H groups in total. The van der Waals surface area contributed by atoms with Crippen molar-refractivity contribution in [3.05, 3.63) is 41.5 Å². The first-order valence-corrected chi connectivity index (χ1v) is 8.42. The van der Waals surface area contributed by atoms with Crippen molar-refractivity contribution in [2.45, 2.75) is 12.8 Å². The molecule has 0 spiro atoms. The molecular weight excluding hydrogens is 304 g/mol. The first-order chi connectivity index (χ1) is 10.3. The van der Waals surface area contributed by atoms with E-state index in [0.29, 0.717) is 11.1 Å². The summed E-state index contributed by atoms with van der Waals surface area (Å²) in [6, 6.07) is 6.67. The Morgan fingerprint density at radius 3 is 2.64 bits per heavy atom. The highest BCUT2D eigenvalue weighted by Crippen LogP contribution is 2.19. The van der Waals surface area contributed by atoms with Gasteiger partial charge in [0.05, 0.1) is 12.5 Å². The number of nitrogens with one attached hydrogen (secondary N) is 2. The molecule has 1 aromatic rings. The molecule has 1 aromatic carbocycles. The molecule has 0 aromatic heterocycles. The fraction of sp³-hybridized carbons (Fsp3) is 0.267. The van der Waals surface area contributed by atoms with Crippen molar-refractivity contribution < 1.29 is 17.9 Å². The Bertz CT molecular complexity index is 708. The lowest BCUT2D eigenvalue weighted by Crippen LogP contribution is -2.21. The normalized spacial score (nSPS) is 12.8. The topological polar surface area (TPSA) is 108 Å². The summed E-state index contributed by atoms with van der Waals surface area (Å²) < 4.78 is 27.7. The van der Waals surface area contributed by atoms with Gasteiger partial charge in [0.25, 0.3) is 0 Å². The number of hydrogen-bond donors (Lipinski definition) is 2. The Balaban J connectivity index is 3.07. The second kappa shape index (κ2) is 7.65. The van der Waals surface area contributed by atoms with Crippen molar-refractivity contribution in [3.63, 3.8) is 0 Å². The van der Waals surface area contributed by atoms with Crippen molar-refractivity contribution in [3.8, 4) is 0 Å². The minimum absolute atomic E-state index is 0.282. The first kappa shape index (κ1) is 17.8. The summed E-state index contributed by atoms with van der Waals surface area (Å²) >= 11 is 0. The van der Waals surface area contributed by atoms with E-state index in [4.69, 9.17) is 15.6 Å². The van der Waals surface area contributed by atoms with Crippen molar-refractivity contribution in [1.82, 2.24) is 0 Å². The molecule has 0 amide bonds. The number of carbonyl (C=O) groups is 1. The summed E-state index contributed by atoms with van der Waals surface area (Å²) in [5, 5.41) is 14.5. The fourth-order valence-corrected chi connectivity index (χ4v) is 2.43. The van der Waals surface area contributed by atoms with Gasteiger partial charge >= 0.3 is 5.97 Å². The van der Waals surface area contributed by atoms with Crippen LogP contribution in [0.25, 0.3) is 6.08 Å². The molecule has 0 saturated heterocycles. The van der Waals surface area contributed by atoms with Crippen LogP contribution in [0.15, 0.2) is 30.3 Å². The average molecular weight is 322 g/mol. The lowest BCUT2D eigenvalue weighted by molar-refractivity contribution is -0.137. The van der Waals surface area contributed by atoms with E-state index < -0.39 is 26.8 Å². The number of hydrogen-bond acceptors (Lipinski definition) is 6. The quantitative estimate of drug-likeness (QED) is 0.361. The van der Waals surface area contributed by atoms with Gasteiger partial charge in [-0.1, -0.05) is 24.3 Å². The molecule has 7 heteroatoms. The van der Waals surface area contributed by atoms with E-state index in [-0.39, 0.29) is 6.61 Å². The number of carbonyl (C=O) groups excluding carboxylic acids is 1. The Labute approximate surface area is 129 Å². The second-order valence-electron chi connectivity index (χ2n) is 4.54. The van der Waals surface area contributed by atoms with Gasteiger partial charge in [0.2, 0.25) is 0 Å². The fourth-order valence-electron chi connectivity index (χ4n) is 1.76.